The summed E-state index contributed by atoms with van der Waals surface area (Å²) < 4.78 is 16.9. The van der Waals surface area contributed by atoms with Gasteiger partial charge in [0, 0.05) is 17.3 Å². The first-order valence-electron chi connectivity index (χ1n) is 8.88. The Morgan fingerprint density at radius 2 is 1.96 bits per heavy atom. The maximum atomic E-state index is 12.8. The predicted molar refractivity (Wildman–Crippen MR) is 112 cm³/mol. The van der Waals surface area contributed by atoms with Crippen LogP contribution in [0, 0.1) is 0 Å². The summed E-state index contributed by atoms with van der Waals surface area (Å²) in [5.41, 5.74) is 7.46. The Balaban J connectivity index is 0.00000280. The van der Waals surface area contributed by atoms with Gasteiger partial charge in [0.1, 0.15) is 25.6 Å². The summed E-state index contributed by atoms with van der Waals surface area (Å²) in [6, 6.07) is 12.4. The van der Waals surface area contributed by atoms with E-state index in [1.165, 1.54) is 0 Å². The third-order valence-corrected chi connectivity index (χ3v) is 4.15. The Hall–Kier alpha value is -2.70. The van der Waals surface area contributed by atoms with E-state index >= 15 is 0 Å². The number of hydrogen-bond donors (Lipinski definition) is 1. The van der Waals surface area contributed by atoms with Crippen molar-refractivity contribution in [3.05, 3.63) is 60.7 Å². The van der Waals surface area contributed by atoms with Gasteiger partial charge in [0.15, 0.2) is 11.5 Å². The standard InChI is InChI=1S/C21H24N2O4.ClH/c1-3-10-25-18-7-5-4-6-16(18)14-23(21(24)15(2)22)17-8-9-19-20(13-17)27-12-11-26-19;/h3-9,13,15H,1,10-12,14,22H2,2H3;1H/t15-;/m0./s1. The molecule has 0 radical (unpaired) electrons. The van der Waals surface area contributed by atoms with Gasteiger partial charge in [0.2, 0.25) is 5.91 Å². The van der Waals surface area contributed by atoms with Gasteiger partial charge in [0.05, 0.1) is 12.6 Å². The van der Waals surface area contributed by atoms with Crippen LogP contribution in [0.25, 0.3) is 0 Å². The zero-order valence-corrected chi connectivity index (χ0v) is 16.6. The molecule has 3 rings (SSSR count). The number of carbonyl (C=O) groups is 1. The number of halogens is 1. The maximum absolute atomic E-state index is 12.8. The van der Waals surface area contributed by atoms with Crippen molar-refractivity contribution in [2.24, 2.45) is 5.73 Å². The van der Waals surface area contributed by atoms with Crippen molar-refractivity contribution in [3.63, 3.8) is 0 Å². The Bertz CT molecular complexity index is 826. The van der Waals surface area contributed by atoms with Crippen LogP contribution in [0.3, 0.4) is 0 Å². The van der Waals surface area contributed by atoms with Gasteiger partial charge >= 0.3 is 0 Å². The molecule has 6 nitrogen and oxygen atoms in total. The highest BCUT2D eigenvalue weighted by Gasteiger charge is 2.23. The van der Waals surface area contributed by atoms with Gasteiger partial charge in [-0.1, -0.05) is 30.9 Å². The zero-order valence-electron chi connectivity index (χ0n) is 15.8. The smallest absolute Gasteiger partial charge is 0.243 e. The molecule has 2 N–H and O–H groups in total. The molecule has 28 heavy (non-hydrogen) atoms. The monoisotopic (exact) mass is 404 g/mol. The topological polar surface area (TPSA) is 74.0 Å². The van der Waals surface area contributed by atoms with Crippen LogP contribution in [-0.2, 0) is 11.3 Å². The summed E-state index contributed by atoms with van der Waals surface area (Å²) >= 11 is 0. The molecule has 0 aliphatic carbocycles. The van der Waals surface area contributed by atoms with Crippen LogP contribution in [0.2, 0.25) is 0 Å². The van der Waals surface area contributed by atoms with Crippen molar-refractivity contribution in [1.82, 2.24) is 0 Å². The molecule has 0 fully saturated rings. The molecule has 0 saturated carbocycles. The van der Waals surface area contributed by atoms with Crippen LogP contribution < -0.4 is 24.8 Å². The minimum atomic E-state index is -0.639. The molecule has 1 heterocycles. The molecular weight excluding hydrogens is 380 g/mol. The number of ether oxygens (including phenoxy) is 3. The van der Waals surface area contributed by atoms with E-state index in [9.17, 15) is 4.79 Å². The molecule has 7 heteroatoms. The van der Waals surface area contributed by atoms with E-state index in [-0.39, 0.29) is 18.3 Å². The summed E-state index contributed by atoms with van der Waals surface area (Å²) in [6.07, 6.45) is 1.68. The average Bonchev–Trinajstić information content (AvgIpc) is 2.70. The average molecular weight is 405 g/mol. The van der Waals surface area contributed by atoms with E-state index in [0.717, 1.165) is 5.56 Å². The predicted octanol–water partition coefficient (Wildman–Crippen LogP) is 3.32. The van der Waals surface area contributed by atoms with Crippen molar-refractivity contribution < 1.29 is 19.0 Å². The minimum Gasteiger partial charge on any atom is -0.489 e. The van der Waals surface area contributed by atoms with Gasteiger partial charge in [-0.05, 0) is 25.1 Å². The van der Waals surface area contributed by atoms with Crippen LogP contribution in [0.1, 0.15) is 12.5 Å². The maximum Gasteiger partial charge on any atom is 0.243 e. The number of benzene rings is 2. The van der Waals surface area contributed by atoms with Gasteiger partial charge in [-0.25, -0.2) is 0 Å². The number of anilines is 1. The van der Waals surface area contributed by atoms with Crippen molar-refractivity contribution >= 4 is 24.0 Å². The molecule has 0 bridgehead atoms. The Morgan fingerprint density at radius 3 is 2.68 bits per heavy atom. The number of hydrogen-bond acceptors (Lipinski definition) is 5. The second-order valence-corrected chi connectivity index (χ2v) is 6.25. The molecule has 2 aromatic rings. The lowest BCUT2D eigenvalue weighted by molar-refractivity contribution is -0.119. The SMILES string of the molecule is C=CCOc1ccccc1CN(C(=O)[C@H](C)N)c1ccc2c(c1)OCCO2.Cl. The molecule has 0 saturated heterocycles. The van der Waals surface area contributed by atoms with Crippen LogP contribution in [0.5, 0.6) is 17.2 Å². The van der Waals surface area contributed by atoms with E-state index in [1.807, 2.05) is 42.5 Å². The largest absolute Gasteiger partial charge is 0.489 e. The molecular formula is C21H25ClN2O4. The van der Waals surface area contributed by atoms with Crippen molar-refractivity contribution in [2.45, 2.75) is 19.5 Å². The number of nitrogens with two attached hydrogens (primary N) is 1. The first-order valence-corrected chi connectivity index (χ1v) is 8.88. The fourth-order valence-corrected chi connectivity index (χ4v) is 2.84. The molecule has 2 aromatic carbocycles. The second kappa shape index (κ2) is 10.0. The van der Waals surface area contributed by atoms with E-state index in [4.69, 9.17) is 19.9 Å². The van der Waals surface area contributed by atoms with Gasteiger partial charge in [0.25, 0.3) is 0 Å². The molecule has 0 unspecified atom stereocenters. The molecule has 150 valence electrons. The number of para-hydroxylation sites is 1. The van der Waals surface area contributed by atoms with E-state index in [0.29, 0.717) is 49.3 Å². The lowest BCUT2D eigenvalue weighted by Crippen LogP contribution is -2.42. The van der Waals surface area contributed by atoms with Crippen LogP contribution in [0.4, 0.5) is 5.69 Å². The number of nitrogens with zero attached hydrogens (tertiary/aromatic N) is 1. The first-order chi connectivity index (χ1) is 13.1. The lowest BCUT2D eigenvalue weighted by Gasteiger charge is -2.27. The van der Waals surface area contributed by atoms with Gasteiger partial charge in [-0.15, -0.1) is 12.4 Å². The highest BCUT2D eigenvalue weighted by molar-refractivity contribution is 5.97. The third kappa shape index (κ3) is 4.97. The molecule has 0 spiro atoms. The summed E-state index contributed by atoms with van der Waals surface area (Å²) in [5, 5.41) is 0. The zero-order chi connectivity index (χ0) is 19.2. The molecule has 1 atom stereocenters. The summed E-state index contributed by atoms with van der Waals surface area (Å²) in [7, 11) is 0. The normalized spacial score (nSPS) is 13.1. The van der Waals surface area contributed by atoms with E-state index in [2.05, 4.69) is 6.58 Å². The first kappa shape index (κ1) is 21.6. The van der Waals surface area contributed by atoms with Crippen molar-refractivity contribution in [2.75, 3.05) is 24.7 Å². The number of rotatable bonds is 7. The van der Waals surface area contributed by atoms with E-state index < -0.39 is 6.04 Å². The van der Waals surface area contributed by atoms with Gasteiger partial charge in [-0.2, -0.15) is 0 Å². The van der Waals surface area contributed by atoms with E-state index in [1.54, 1.807) is 17.9 Å². The van der Waals surface area contributed by atoms with Gasteiger partial charge < -0.3 is 24.8 Å². The van der Waals surface area contributed by atoms with Crippen LogP contribution in [0.15, 0.2) is 55.1 Å². The fourth-order valence-electron chi connectivity index (χ4n) is 2.84. The highest BCUT2D eigenvalue weighted by atomic mass is 35.5. The number of amides is 1. The molecule has 1 amide bonds. The number of fused-ring (bicyclic) bond motifs is 1. The Labute approximate surface area is 171 Å². The lowest BCUT2D eigenvalue weighted by atomic mass is 10.1. The minimum absolute atomic E-state index is 0. The third-order valence-electron chi connectivity index (χ3n) is 4.15. The van der Waals surface area contributed by atoms with Crippen LogP contribution in [-0.4, -0.2) is 31.8 Å². The van der Waals surface area contributed by atoms with Gasteiger partial charge in [-0.3, -0.25) is 4.79 Å². The Kier molecular flexibility index (Phi) is 7.72. The Morgan fingerprint density at radius 1 is 1.25 bits per heavy atom. The quantitative estimate of drug-likeness (QED) is 0.716. The highest BCUT2D eigenvalue weighted by Crippen LogP contribution is 2.35. The summed E-state index contributed by atoms with van der Waals surface area (Å²) in [4.78, 5) is 14.5. The summed E-state index contributed by atoms with van der Waals surface area (Å²) in [6.45, 7) is 7.07. The summed E-state index contributed by atoms with van der Waals surface area (Å²) in [5.74, 6) is 1.81. The second-order valence-electron chi connectivity index (χ2n) is 6.25. The van der Waals surface area contributed by atoms with Crippen LogP contribution >= 0.6 is 12.4 Å². The van der Waals surface area contributed by atoms with Crippen molar-refractivity contribution in [3.8, 4) is 17.2 Å². The molecule has 0 aromatic heterocycles. The van der Waals surface area contributed by atoms with Crippen molar-refractivity contribution in [1.29, 1.82) is 0 Å². The fraction of sp³-hybridized carbons (Fsp3) is 0.286. The molecule has 1 aliphatic rings. The number of carbonyl (C=O) groups excluding carboxylic acids is 1. The molecule has 1 aliphatic heterocycles.